The summed E-state index contributed by atoms with van der Waals surface area (Å²) in [5.41, 5.74) is 19.7. The third-order valence-electron chi connectivity index (χ3n) is 7.49. The molecule has 40 heavy (non-hydrogen) atoms. The summed E-state index contributed by atoms with van der Waals surface area (Å²) in [5, 5.41) is 87.0. The van der Waals surface area contributed by atoms with Crippen LogP contribution in [0.25, 0.3) is 0 Å². The lowest BCUT2D eigenvalue weighted by atomic mass is 9.81. The van der Waals surface area contributed by atoms with Crippen LogP contribution >= 0.6 is 0 Å². The van der Waals surface area contributed by atoms with Gasteiger partial charge >= 0.3 is 0 Å². The average molecular weight is 584 g/mol. The lowest BCUT2D eigenvalue weighted by Gasteiger charge is -2.45. The minimum Gasteiger partial charge on any atom is -0.394 e. The van der Waals surface area contributed by atoms with Crippen molar-refractivity contribution in [2.45, 2.75) is 98.2 Å². The predicted molar refractivity (Wildman–Crippen MR) is 134 cm³/mol. The highest BCUT2D eigenvalue weighted by Gasteiger charge is 2.60. The summed E-state index contributed by atoms with van der Waals surface area (Å²) in [7, 11) is 1.44. The third kappa shape index (κ3) is 6.11. The number of rotatable bonds is 9. The fourth-order valence-corrected chi connectivity index (χ4v) is 5.17. The van der Waals surface area contributed by atoms with E-state index in [1.165, 1.54) is 14.0 Å². The zero-order chi connectivity index (χ0) is 30.1. The molecule has 0 bridgehead atoms. The lowest BCUT2D eigenvalue weighted by molar-refractivity contribution is -0.317. The van der Waals surface area contributed by atoms with E-state index in [2.05, 4.69) is 15.3 Å². The molecule has 2 aliphatic heterocycles. The molecule has 19 nitrogen and oxygen atoms in total. The molecule has 0 unspecified atom stereocenters. The van der Waals surface area contributed by atoms with Gasteiger partial charge in [-0.1, -0.05) is 0 Å². The Morgan fingerprint density at radius 1 is 0.825 bits per heavy atom. The number of hydrogen-bond donors (Lipinski definition) is 13. The first-order valence-electron chi connectivity index (χ1n) is 12.5. The van der Waals surface area contributed by atoms with E-state index in [0.29, 0.717) is 0 Å². The van der Waals surface area contributed by atoms with Gasteiger partial charge in [-0.25, -0.2) is 9.98 Å². The molecule has 3 fully saturated rings. The Kier molecular flexibility index (Phi) is 10.5. The first-order chi connectivity index (χ1) is 18.7. The maximum absolute atomic E-state index is 11.3. The van der Waals surface area contributed by atoms with E-state index in [-0.39, 0.29) is 0 Å². The highest BCUT2D eigenvalue weighted by Crippen LogP contribution is 2.39. The van der Waals surface area contributed by atoms with E-state index in [9.17, 15) is 40.9 Å². The number of hydrogen-bond acceptors (Lipinski definition) is 15. The van der Waals surface area contributed by atoms with Crippen molar-refractivity contribution in [3.05, 3.63) is 0 Å². The Balaban J connectivity index is 1.96. The Morgan fingerprint density at radius 2 is 1.43 bits per heavy atom. The van der Waals surface area contributed by atoms with Crippen LogP contribution in [0, 0.1) is 0 Å². The van der Waals surface area contributed by atoms with Crippen molar-refractivity contribution in [2.24, 2.45) is 32.9 Å². The zero-order valence-electron chi connectivity index (χ0n) is 21.9. The minimum atomic E-state index is -2.15. The second kappa shape index (κ2) is 12.9. The van der Waals surface area contributed by atoms with Gasteiger partial charge in [0.05, 0.1) is 25.4 Å². The highest BCUT2D eigenvalue weighted by molar-refractivity contribution is 5.76. The molecule has 232 valence electrons. The van der Waals surface area contributed by atoms with Gasteiger partial charge in [0.25, 0.3) is 0 Å². The Bertz CT molecular complexity index is 911. The van der Waals surface area contributed by atoms with Gasteiger partial charge in [-0.2, -0.15) is 0 Å². The number of aliphatic imine (C=N–C) groups is 2. The number of ether oxygens (including phenoxy) is 4. The molecule has 2 saturated heterocycles. The summed E-state index contributed by atoms with van der Waals surface area (Å²) >= 11 is 0. The van der Waals surface area contributed by atoms with Crippen molar-refractivity contribution < 1.29 is 59.8 Å². The molecule has 0 spiro atoms. The number of aliphatic hydroxyl groups is 8. The summed E-state index contributed by atoms with van der Waals surface area (Å²) in [6.45, 7) is -0.199. The van der Waals surface area contributed by atoms with Gasteiger partial charge in [0.2, 0.25) is 0 Å². The number of nitrogens with two attached hydrogens (primary N) is 4. The predicted octanol–water partition coefficient (Wildman–Crippen LogP) is -8.37. The van der Waals surface area contributed by atoms with Crippen LogP contribution in [0.4, 0.5) is 0 Å². The average Bonchev–Trinajstić information content (AvgIpc) is 3.13. The molecule has 19 heteroatoms. The minimum absolute atomic E-state index is 0.493. The molecule has 3 aliphatic rings. The molecular formula is C21H41N7O12. The molecule has 1 aliphatic carbocycles. The summed E-state index contributed by atoms with van der Waals surface area (Å²) in [6, 6.07) is -4.00. The van der Waals surface area contributed by atoms with Gasteiger partial charge in [-0.3, -0.25) is 0 Å². The van der Waals surface area contributed by atoms with Gasteiger partial charge in [0.15, 0.2) is 24.5 Å². The fraction of sp³-hybridized carbons (Fsp3) is 0.905. The SMILES string of the molecule is CN[C@@H]1[C@H](O[C@@H]2[C@H](O[C@H]3[C@@H](O)[C@@H](O)[C@@H](N=C(N)N)[C@@H](O)[C@@H]3N=C(N)N)O[C@@H](C)[C@@]2(O)CO)O[C@H](CO)[C@H](O)[C@@H]1O. The zero-order valence-corrected chi connectivity index (χ0v) is 21.9. The van der Waals surface area contributed by atoms with Gasteiger partial charge in [-0.05, 0) is 14.0 Å². The first-order valence-corrected chi connectivity index (χ1v) is 12.5. The van der Waals surface area contributed by atoms with Gasteiger partial charge in [-0.15, -0.1) is 0 Å². The van der Waals surface area contributed by atoms with Crippen molar-refractivity contribution in [3.63, 3.8) is 0 Å². The summed E-state index contributed by atoms with van der Waals surface area (Å²) in [5.74, 6) is -1.01. The standard InChI is InChI=1S/C21H41N7O12/c1-5-21(36,4-30)16(40-17-9(26-2)13(34)10(31)6(3-29)38-17)18(37-5)39-15-8(28-20(24)25)11(32)7(27-19(22)23)12(33)14(15)35/h5-18,26,29-36H,3-4H2,1-2H3,(H4,22,23,27)(H4,24,25,28)/t5-,6+,7-,8-,9-,10-,11+,12-,13+,14-,15+,16+,17-,18-,21-/m0/s1. The van der Waals surface area contributed by atoms with E-state index in [1.807, 2.05) is 0 Å². The van der Waals surface area contributed by atoms with Crippen molar-refractivity contribution in [3.8, 4) is 0 Å². The fourth-order valence-electron chi connectivity index (χ4n) is 5.17. The smallest absolute Gasteiger partial charge is 0.187 e. The van der Waals surface area contributed by atoms with E-state index >= 15 is 0 Å². The largest absolute Gasteiger partial charge is 0.394 e. The topological polar surface area (TPSA) is 340 Å². The van der Waals surface area contributed by atoms with E-state index in [4.69, 9.17) is 41.9 Å². The number of guanidine groups is 2. The quantitative estimate of drug-likeness (QED) is 0.0884. The number of aliphatic hydroxyl groups excluding tert-OH is 7. The van der Waals surface area contributed by atoms with E-state index < -0.39 is 116 Å². The molecule has 17 N–H and O–H groups in total. The number of nitrogens with one attached hydrogen (secondary N) is 1. The summed E-state index contributed by atoms with van der Waals surface area (Å²) in [4.78, 5) is 7.66. The third-order valence-corrected chi connectivity index (χ3v) is 7.49. The normalized spacial score (nSPS) is 47.5. The molecule has 1 saturated carbocycles. The van der Waals surface area contributed by atoms with Crippen LogP contribution in [0.5, 0.6) is 0 Å². The van der Waals surface area contributed by atoms with Crippen LogP contribution in [0.2, 0.25) is 0 Å². The summed E-state index contributed by atoms with van der Waals surface area (Å²) < 4.78 is 23.2. The molecule has 2 heterocycles. The maximum atomic E-state index is 11.3. The monoisotopic (exact) mass is 583 g/mol. The molecule has 0 aromatic carbocycles. The maximum Gasteiger partial charge on any atom is 0.187 e. The molecule has 3 rings (SSSR count). The van der Waals surface area contributed by atoms with Crippen molar-refractivity contribution in [2.75, 3.05) is 20.3 Å². The highest BCUT2D eigenvalue weighted by atomic mass is 16.8. The van der Waals surface area contributed by atoms with Crippen LogP contribution in [0.3, 0.4) is 0 Å². The molecule has 0 aromatic rings. The second-order valence-corrected chi connectivity index (χ2v) is 10.0. The molecule has 0 radical (unpaired) electrons. The molecule has 15 atom stereocenters. The van der Waals surface area contributed by atoms with E-state index in [1.54, 1.807) is 0 Å². The molecular weight excluding hydrogens is 542 g/mol. The van der Waals surface area contributed by atoms with E-state index in [0.717, 1.165) is 0 Å². The van der Waals surface area contributed by atoms with Crippen molar-refractivity contribution in [1.82, 2.24) is 5.32 Å². The second-order valence-electron chi connectivity index (χ2n) is 10.0. The number of likely N-dealkylation sites (N-methyl/N-ethyl adjacent to an activating group) is 1. The Morgan fingerprint density at radius 3 is 1.95 bits per heavy atom. The van der Waals surface area contributed by atoms with Gasteiger partial charge in [0, 0.05) is 0 Å². The first kappa shape index (κ1) is 32.5. The summed E-state index contributed by atoms with van der Waals surface area (Å²) in [6.07, 6.45) is -16.9. The van der Waals surface area contributed by atoms with Gasteiger partial charge < -0.3 is 88.1 Å². The van der Waals surface area contributed by atoms with Crippen LogP contribution in [0.1, 0.15) is 6.92 Å². The number of nitrogens with zero attached hydrogens (tertiary/aromatic N) is 2. The Labute approximate surface area is 229 Å². The van der Waals surface area contributed by atoms with Gasteiger partial charge in [0.1, 0.15) is 66.5 Å². The molecule has 0 aromatic heterocycles. The van der Waals surface area contributed by atoms with Crippen LogP contribution in [-0.4, -0.2) is 164 Å². The van der Waals surface area contributed by atoms with Crippen molar-refractivity contribution >= 4 is 11.9 Å². The van der Waals surface area contributed by atoms with Crippen molar-refractivity contribution in [1.29, 1.82) is 0 Å². The molecule has 0 amide bonds. The lowest BCUT2D eigenvalue weighted by Crippen LogP contribution is -2.66. The van der Waals surface area contributed by atoms with Crippen LogP contribution in [0.15, 0.2) is 9.98 Å². The Hall–Kier alpha value is -1.98. The van der Waals surface area contributed by atoms with Crippen LogP contribution in [-0.2, 0) is 18.9 Å². The van der Waals surface area contributed by atoms with Crippen LogP contribution < -0.4 is 28.3 Å².